The van der Waals surface area contributed by atoms with Crippen molar-refractivity contribution >= 4 is 5.91 Å². The topological polar surface area (TPSA) is 38.3 Å². The van der Waals surface area contributed by atoms with Gasteiger partial charge in [0.05, 0.1) is 6.61 Å². The first-order valence-electron chi connectivity index (χ1n) is 5.14. The highest BCUT2D eigenvalue weighted by Gasteiger charge is 2.57. The number of carbonyl (C=O) groups is 1. The molecular formula is C11H17NO2. The fraction of sp³-hybridized carbons (Fsp3) is 0.727. The van der Waals surface area contributed by atoms with Crippen molar-refractivity contribution in [2.24, 2.45) is 5.92 Å². The fourth-order valence-corrected chi connectivity index (χ4v) is 2.09. The van der Waals surface area contributed by atoms with Gasteiger partial charge in [-0.2, -0.15) is 0 Å². The van der Waals surface area contributed by atoms with Crippen LogP contribution < -0.4 is 5.32 Å². The third kappa shape index (κ3) is 1.36. The molecule has 3 heteroatoms. The molecule has 3 fully saturated rings. The molecule has 2 aliphatic heterocycles. The van der Waals surface area contributed by atoms with Gasteiger partial charge in [-0.1, -0.05) is 12.2 Å². The molecule has 14 heavy (non-hydrogen) atoms. The van der Waals surface area contributed by atoms with Crippen LogP contribution in [0.2, 0.25) is 0 Å². The maximum atomic E-state index is 11.8. The smallest absolute Gasteiger partial charge is 0.252 e. The molecule has 2 bridgehead atoms. The van der Waals surface area contributed by atoms with Gasteiger partial charge in [-0.3, -0.25) is 4.79 Å². The Morgan fingerprint density at radius 1 is 1.64 bits per heavy atom. The van der Waals surface area contributed by atoms with E-state index in [4.69, 9.17) is 4.74 Å². The van der Waals surface area contributed by atoms with Crippen molar-refractivity contribution < 1.29 is 9.53 Å². The average Bonchev–Trinajstić information content (AvgIpc) is 2.60. The van der Waals surface area contributed by atoms with E-state index in [1.165, 1.54) is 0 Å². The molecule has 0 aromatic rings. The number of rotatable bonds is 3. The lowest BCUT2D eigenvalue weighted by Gasteiger charge is -2.35. The molecule has 0 aromatic carbocycles. The van der Waals surface area contributed by atoms with E-state index in [1.807, 2.05) is 13.8 Å². The van der Waals surface area contributed by atoms with Crippen LogP contribution in [0.4, 0.5) is 0 Å². The second-order valence-corrected chi connectivity index (χ2v) is 4.62. The molecule has 1 aliphatic carbocycles. The Balaban J connectivity index is 1.93. The van der Waals surface area contributed by atoms with Crippen LogP contribution >= 0.6 is 0 Å². The number of carbonyl (C=O) groups excluding carboxylic acids is 1. The van der Waals surface area contributed by atoms with Crippen molar-refractivity contribution in [1.82, 2.24) is 5.32 Å². The van der Waals surface area contributed by atoms with E-state index < -0.39 is 5.60 Å². The van der Waals surface area contributed by atoms with E-state index in [0.717, 1.165) is 25.0 Å². The van der Waals surface area contributed by atoms with E-state index in [2.05, 4.69) is 11.9 Å². The summed E-state index contributed by atoms with van der Waals surface area (Å²) in [6.45, 7) is 8.44. The molecule has 0 spiro atoms. The van der Waals surface area contributed by atoms with Crippen molar-refractivity contribution in [3.8, 4) is 0 Å². The van der Waals surface area contributed by atoms with Crippen LogP contribution in [-0.2, 0) is 9.53 Å². The second-order valence-electron chi connectivity index (χ2n) is 4.62. The minimum atomic E-state index is -0.478. The van der Waals surface area contributed by atoms with Gasteiger partial charge in [0.15, 0.2) is 0 Å². The van der Waals surface area contributed by atoms with Gasteiger partial charge in [-0.25, -0.2) is 0 Å². The van der Waals surface area contributed by atoms with Crippen LogP contribution in [0.3, 0.4) is 0 Å². The van der Waals surface area contributed by atoms with Crippen molar-refractivity contribution in [3.63, 3.8) is 0 Å². The predicted molar refractivity (Wildman–Crippen MR) is 53.8 cm³/mol. The first-order chi connectivity index (χ1) is 6.53. The number of hydrogen-bond acceptors (Lipinski definition) is 2. The van der Waals surface area contributed by atoms with Crippen LogP contribution in [0.25, 0.3) is 0 Å². The standard InChI is InChI=1S/C11H17NO2/c1-7(2)8(3)12-10(13)11-4-9(5-11)6-14-11/h8-9H,1,4-6H2,2-3H3,(H,12,13)/t8-,9?,11?/m1/s1. The number of amides is 1. The normalized spacial score (nSPS) is 36.0. The maximum Gasteiger partial charge on any atom is 0.252 e. The lowest BCUT2D eigenvalue weighted by molar-refractivity contribution is -0.143. The Labute approximate surface area is 84.5 Å². The summed E-state index contributed by atoms with van der Waals surface area (Å²) < 4.78 is 5.52. The Kier molecular flexibility index (Phi) is 2.14. The molecule has 78 valence electrons. The van der Waals surface area contributed by atoms with Gasteiger partial charge in [0.25, 0.3) is 5.91 Å². The van der Waals surface area contributed by atoms with E-state index in [1.54, 1.807) is 0 Å². The quantitative estimate of drug-likeness (QED) is 0.688. The van der Waals surface area contributed by atoms with Crippen LogP contribution in [0.1, 0.15) is 26.7 Å². The zero-order chi connectivity index (χ0) is 10.3. The van der Waals surface area contributed by atoms with Crippen LogP contribution in [0, 0.1) is 5.92 Å². The summed E-state index contributed by atoms with van der Waals surface area (Å²) in [4.78, 5) is 11.8. The zero-order valence-electron chi connectivity index (χ0n) is 8.80. The number of hydrogen-bond donors (Lipinski definition) is 1. The van der Waals surface area contributed by atoms with Crippen molar-refractivity contribution in [1.29, 1.82) is 0 Å². The summed E-state index contributed by atoms with van der Waals surface area (Å²) in [5, 5.41) is 2.94. The van der Waals surface area contributed by atoms with Gasteiger partial charge >= 0.3 is 0 Å². The molecule has 1 N–H and O–H groups in total. The van der Waals surface area contributed by atoms with Crippen molar-refractivity contribution in [2.75, 3.05) is 6.61 Å². The van der Waals surface area contributed by atoms with Gasteiger partial charge in [-0.05, 0) is 32.6 Å². The summed E-state index contributed by atoms with van der Waals surface area (Å²) in [5.41, 5.74) is 0.498. The van der Waals surface area contributed by atoms with Gasteiger partial charge in [0.2, 0.25) is 0 Å². The third-order valence-electron chi connectivity index (χ3n) is 3.33. The Bertz CT molecular complexity index is 274. The molecule has 1 saturated carbocycles. The lowest BCUT2D eigenvalue weighted by Crippen LogP contribution is -2.53. The third-order valence-corrected chi connectivity index (χ3v) is 3.33. The van der Waals surface area contributed by atoms with Crippen LogP contribution in [0.5, 0.6) is 0 Å². The minimum Gasteiger partial charge on any atom is -0.365 e. The molecule has 1 amide bonds. The number of fused-ring (bicyclic) bond motifs is 1. The lowest BCUT2D eigenvalue weighted by atomic mass is 9.74. The van der Waals surface area contributed by atoms with Crippen LogP contribution in [0.15, 0.2) is 12.2 Å². The highest BCUT2D eigenvalue weighted by atomic mass is 16.5. The maximum absolute atomic E-state index is 11.8. The highest BCUT2D eigenvalue weighted by Crippen LogP contribution is 2.48. The van der Waals surface area contributed by atoms with E-state index in [9.17, 15) is 4.79 Å². The molecule has 3 rings (SSSR count). The number of nitrogens with one attached hydrogen (secondary N) is 1. The Hall–Kier alpha value is -0.830. The summed E-state index contributed by atoms with van der Waals surface area (Å²) in [6, 6.07) is 0.0418. The van der Waals surface area contributed by atoms with E-state index in [0.29, 0.717) is 5.92 Å². The molecule has 0 aromatic heterocycles. The molecular weight excluding hydrogens is 178 g/mol. The molecule has 3 nitrogen and oxygen atoms in total. The SMILES string of the molecule is C=C(C)[C@@H](C)NC(=O)C12CC(CO1)C2. The van der Waals surface area contributed by atoms with Gasteiger partial charge in [-0.15, -0.1) is 0 Å². The fourth-order valence-electron chi connectivity index (χ4n) is 2.09. The van der Waals surface area contributed by atoms with E-state index >= 15 is 0 Å². The Morgan fingerprint density at radius 2 is 2.29 bits per heavy atom. The van der Waals surface area contributed by atoms with Gasteiger partial charge in [0.1, 0.15) is 5.60 Å². The summed E-state index contributed by atoms with van der Waals surface area (Å²) in [5.74, 6) is 0.669. The van der Waals surface area contributed by atoms with E-state index in [-0.39, 0.29) is 11.9 Å². The molecule has 1 atom stereocenters. The molecule has 0 radical (unpaired) electrons. The van der Waals surface area contributed by atoms with Crippen molar-refractivity contribution in [3.05, 3.63) is 12.2 Å². The first kappa shape index (κ1) is 9.71. The average molecular weight is 195 g/mol. The molecule has 3 aliphatic rings. The summed E-state index contributed by atoms with van der Waals surface area (Å²) >= 11 is 0. The largest absolute Gasteiger partial charge is 0.365 e. The second kappa shape index (κ2) is 3.09. The van der Waals surface area contributed by atoms with Crippen LogP contribution in [-0.4, -0.2) is 24.2 Å². The Morgan fingerprint density at radius 3 is 2.71 bits per heavy atom. The van der Waals surface area contributed by atoms with Gasteiger partial charge < -0.3 is 10.1 Å². The molecule has 2 saturated heterocycles. The first-order valence-corrected chi connectivity index (χ1v) is 5.14. The highest BCUT2D eigenvalue weighted by molar-refractivity contribution is 5.87. The van der Waals surface area contributed by atoms with Crippen molar-refractivity contribution in [2.45, 2.75) is 38.3 Å². The zero-order valence-corrected chi connectivity index (χ0v) is 8.80. The number of ether oxygens (including phenoxy) is 1. The summed E-state index contributed by atoms with van der Waals surface area (Å²) in [6.07, 6.45) is 1.81. The molecule has 2 heterocycles. The minimum absolute atomic E-state index is 0.0418. The monoisotopic (exact) mass is 195 g/mol. The summed E-state index contributed by atoms with van der Waals surface area (Å²) in [7, 11) is 0. The van der Waals surface area contributed by atoms with Gasteiger partial charge in [0, 0.05) is 6.04 Å². The molecule has 0 unspecified atom stereocenters. The predicted octanol–water partition coefficient (Wildman–Crippen LogP) is 1.25.